The van der Waals surface area contributed by atoms with Crippen LogP contribution in [0.1, 0.15) is 29.2 Å². The van der Waals surface area contributed by atoms with E-state index in [2.05, 4.69) is 56.6 Å². The van der Waals surface area contributed by atoms with E-state index in [0.29, 0.717) is 13.2 Å². The van der Waals surface area contributed by atoms with Gasteiger partial charge in [0.1, 0.15) is 6.61 Å². The fourth-order valence-electron chi connectivity index (χ4n) is 2.82. The first-order chi connectivity index (χ1) is 12.6. The number of nitrogens with one attached hydrogen (secondary N) is 1. The van der Waals surface area contributed by atoms with Crippen LogP contribution in [0.4, 0.5) is 5.69 Å². The minimum atomic E-state index is 0.449. The molecule has 0 aliphatic rings. The maximum absolute atomic E-state index is 5.86. The molecule has 2 aromatic carbocycles. The van der Waals surface area contributed by atoms with Gasteiger partial charge < -0.3 is 14.8 Å². The first-order valence-electron chi connectivity index (χ1n) is 9.03. The Balaban J connectivity index is 2.30. The van der Waals surface area contributed by atoms with E-state index in [1.165, 1.54) is 11.1 Å². The monoisotopic (exact) mass is 351 g/mol. The minimum absolute atomic E-state index is 0.449. The van der Waals surface area contributed by atoms with Crippen LogP contribution in [0.2, 0.25) is 0 Å². The van der Waals surface area contributed by atoms with Crippen molar-refractivity contribution in [1.29, 1.82) is 0 Å². The van der Waals surface area contributed by atoms with E-state index in [1.807, 2.05) is 19.1 Å². The SMILES string of the molecule is C=CCOc1c(CC=C)cc(CNc2cc(C)ccc2C)cc1OCC. The van der Waals surface area contributed by atoms with Crippen molar-refractivity contribution in [2.75, 3.05) is 18.5 Å². The molecule has 3 nitrogen and oxygen atoms in total. The van der Waals surface area contributed by atoms with E-state index >= 15 is 0 Å². The summed E-state index contributed by atoms with van der Waals surface area (Å²) in [5.74, 6) is 1.55. The first kappa shape index (κ1) is 19.6. The van der Waals surface area contributed by atoms with Crippen LogP contribution >= 0.6 is 0 Å². The van der Waals surface area contributed by atoms with Crippen molar-refractivity contribution in [3.8, 4) is 11.5 Å². The third-order valence-corrected chi connectivity index (χ3v) is 4.08. The third-order valence-electron chi connectivity index (χ3n) is 4.08. The lowest BCUT2D eigenvalue weighted by Crippen LogP contribution is -2.06. The molecule has 2 rings (SSSR count). The maximum Gasteiger partial charge on any atom is 0.165 e. The summed E-state index contributed by atoms with van der Waals surface area (Å²) >= 11 is 0. The Kier molecular flexibility index (Phi) is 7.34. The molecule has 0 bridgehead atoms. The van der Waals surface area contributed by atoms with Crippen LogP contribution in [-0.4, -0.2) is 13.2 Å². The van der Waals surface area contributed by atoms with E-state index in [9.17, 15) is 0 Å². The lowest BCUT2D eigenvalue weighted by Gasteiger charge is -2.18. The molecule has 0 aromatic heterocycles. The van der Waals surface area contributed by atoms with E-state index in [1.54, 1.807) is 6.08 Å². The number of anilines is 1. The smallest absolute Gasteiger partial charge is 0.165 e. The normalized spacial score (nSPS) is 10.3. The maximum atomic E-state index is 5.86. The Labute approximate surface area is 157 Å². The molecule has 0 fully saturated rings. The largest absolute Gasteiger partial charge is 0.490 e. The number of ether oxygens (including phenoxy) is 2. The number of benzene rings is 2. The highest BCUT2D eigenvalue weighted by Gasteiger charge is 2.13. The lowest BCUT2D eigenvalue weighted by molar-refractivity contribution is 0.294. The number of rotatable bonds is 10. The second kappa shape index (κ2) is 9.71. The van der Waals surface area contributed by atoms with Gasteiger partial charge in [-0.05, 0) is 62.1 Å². The number of hydrogen-bond acceptors (Lipinski definition) is 3. The molecule has 0 saturated carbocycles. The highest BCUT2D eigenvalue weighted by molar-refractivity contribution is 5.55. The van der Waals surface area contributed by atoms with Gasteiger partial charge in [0.25, 0.3) is 0 Å². The van der Waals surface area contributed by atoms with Crippen molar-refractivity contribution < 1.29 is 9.47 Å². The quantitative estimate of drug-likeness (QED) is 0.565. The summed E-state index contributed by atoms with van der Waals surface area (Å²) in [6, 6.07) is 10.6. The molecule has 26 heavy (non-hydrogen) atoms. The van der Waals surface area contributed by atoms with Crippen LogP contribution in [0, 0.1) is 13.8 Å². The summed E-state index contributed by atoms with van der Waals surface area (Å²) in [6.07, 6.45) is 4.35. The zero-order chi connectivity index (χ0) is 18.9. The Bertz CT molecular complexity index is 765. The Morgan fingerprint density at radius 1 is 1.04 bits per heavy atom. The first-order valence-corrected chi connectivity index (χ1v) is 9.03. The molecule has 0 spiro atoms. The summed E-state index contributed by atoms with van der Waals surface area (Å²) in [5, 5.41) is 3.53. The molecule has 0 aliphatic carbocycles. The molecule has 0 heterocycles. The van der Waals surface area contributed by atoms with Gasteiger partial charge in [0.05, 0.1) is 6.61 Å². The number of aryl methyl sites for hydroxylation is 2. The van der Waals surface area contributed by atoms with Crippen LogP contribution in [0.25, 0.3) is 0 Å². The second-order valence-electron chi connectivity index (χ2n) is 6.28. The topological polar surface area (TPSA) is 30.5 Å². The predicted molar refractivity (Wildman–Crippen MR) is 110 cm³/mol. The molecule has 0 radical (unpaired) electrons. The molecule has 0 atom stereocenters. The van der Waals surface area contributed by atoms with Gasteiger partial charge in [-0.15, -0.1) is 6.58 Å². The molecule has 0 amide bonds. The van der Waals surface area contributed by atoms with Crippen LogP contribution in [-0.2, 0) is 13.0 Å². The molecule has 3 heteroatoms. The number of hydrogen-bond donors (Lipinski definition) is 1. The second-order valence-corrected chi connectivity index (χ2v) is 6.28. The van der Waals surface area contributed by atoms with Crippen LogP contribution in [0.15, 0.2) is 55.6 Å². The summed E-state index contributed by atoms with van der Waals surface area (Å²) in [6.45, 7) is 15.5. The van der Waals surface area contributed by atoms with Gasteiger partial charge >= 0.3 is 0 Å². The number of allylic oxidation sites excluding steroid dienone is 1. The molecular formula is C23H29NO2. The standard InChI is InChI=1S/C23H29NO2/c1-6-9-20-14-19(15-22(25-8-3)23(20)26-12-7-2)16-24-21-13-17(4)10-11-18(21)5/h6-7,10-11,13-15,24H,1-2,8-9,12,16H2,3-5H3. The zero-order valence-corrected chi connectivity index (χ0v) is 16.1. The van der Waals surface area contributed by atoms with Crippen molar-refractivity contribution in [3.05, 3.63) is 77.9 Å². The van der Waals surface area contributed by atoms with E-state index in [-0.39, 0.29) is 0 Å². The average molecular weight is 351 g/mol. The Hall–Kier alpha value is -2.68. The Morgan fingerprint density at radius 2 is 1.85 bits per heavy atom. The fraction of sp³-hybridized carbons (Fsp3) is 0.304. The van der Waals surface area contributed by atoms with Gasteiger partial charge in [-0.25, -0.2) is 0 Å². The molecule has 0 aliphatic heterocycles. The van der Waals surface area contributed by atoms with Gasteiger partial charge in [0.2, 0.25) is 0 Å². The Morgan fingerprint density at radius 3 is 2.54 bits per heavy atom. The van der Waals surface area contributed by atoms with Crippen LogP contribution in [0.5, 0.6) is 11.5 Å². The van der Waals surface area contributed by atoms with Crippen molar-refractivity contribution in [3.63, 3.8) is 0 Å². The summed E-state index contributed by atoms with van der Waals surface area (Å²) in [5.41, 5.74) is 5.86. The third kappa shape index (κ3) is 5.16. The van der Waals surface area contributed by atoms with Gasteiger partial charge in [-0.3, -0.25) is 0 Å². The predicted octanol–water partition coefficient (Wildman–Crippen LogP) is 5.61. The average Bonchev–Trinajstić information content (AvgIpc) is 2.62. The highest BCUT2D eigenvalue weighted by Crippen LogP contribution is 2.34. The van der Waals surface area contributed by atoms with Crippen molar-refractivity contribution in [1.82, 2.24) is 0 Å². The van der Waals surface area contributed by atoms with Gasteiger partial charge in [0.15, 0.2) is 11.5 Å². The van der Waals surface area contributed by atoms with Crippen LogP contribution in [0.3, 0.4) is 0 Å². The summed E-state index contributed by atoms with van der Waals surface area (Å²) in [4.78, 5) is 0. The minimum Gasteiger partial charge on any atom is -0.490 e. The molecule has 0 saturated heterocycles. The molecular weight excluding hydrogens is 322 g/mol. The molecule has 2 aromatic rings. The molecule has 138 valence electrons. The van der Waals surface area contributed by atoms with E-state index in [4.69, 9.17) is 9.47 Å². The van der Waals surface area contributed by atoms with Crippen LogP contribution < -0.4 is 14.8 Å². The summed E-state index contributed by atoms with van der Waals surface area (Å²) < 4.78 is 11.7. The van der Waals surface area contributed by atoms with Gasteiger partial charge in [0, 0.05) is 17.8 Å². The van der Waals surface area contributed by atoms with Gasteiger partial charge in [-0.1, -0.05) is 30.9 Å². The van der Waals surface area contributed by atoms with Crippen molar-refractivity contribution >= 4 is 5.69 Å². The van der Waals surface area contributed by atoms with Crippen molar-refractivity contribution in [2.45, 2.75) is 33.7 Å². The molecule has 0 unspecified atom stereocenters. The summed E-state index contributed by atoms with van der Waals surface area (Å²) in [7, 11) is 0. The molecule has 1 N–H and O–H groups in total. The zero-order valence-electron chi connectivity index (χ0n) is 16.1. The van der Waals surface area contributed by atoms with Gasteiger partial charge in [-0.2, -0.15) is 0 Å². The van der Waals surface area contributed by atoms with Crippen molar-refractivity contribution in [2.24, 2.45) is 0 Å². The fourth-order valence-corrected chi connectivity index (χ4v) is 2.82. The lowest BCUT2D eigenvalue weighted by atomic mass is 10.0. The van der Waals surface area contributed by atoms with E-state index < -0.39 is 0 Å². The van der Waals surface area contributed by atoms with E-state index in [0.717, 1.165) is 41.3 Å². The highest BCUT2D eigenvalue weighted by atomic mass is 16.5.